The van der Waals surface area contributed by atoms with Gasteiger partial charge in [-0.1, -0.05) is 19.1 Å². The molecule has 0 spiro atoms. The van der Waals surface area contributed by atoms with E-state index in [-0.39, 0.29) is 18.1 Å². The predicted molar refractivity (Wildman–Crippen MR) is 99.5 cm³/mol. The van der Waals surface area contributed by atoms with E-state index in [2.05, 4.69) is 41.2 Å². The summed E-state index contributed by atoms with van der Waals surface area (Å²) in [6.07, 6.45) is 2.35. The van der Waals surface area contributed by atoms with E-state index in [0.29, 0.717) is 5.92 Å². The lowest BCUT2D eigenvalue weighted by atomic mass is 9.76. The number of piperazine rings is 1. The summed E-state index contributed by atoms with van der Waals surface area (Å²) in [6.45, 7) is 7.49. The van der Waals surface area contributed by atoms with Crippen molar-refractivity contribution in [3.63, 3.8) is 0 Å². The quantitative estimate of drug-likeness (QED) is 0.824. The van der Waals surface area contributed by atoms with Gasteiger partial charge in [0.15, 0.2) is 0 Å². The van der Waals surface area contributed by atoms with E-state index in [1.165, 1.54) is 5.56 Å². The average molecular weight is 345 g/mol. The molecule has 1 atom stereocenters. The summed E-state index contributed by atoms with van der Waals surface area (Å²) in [6, 6.07) is 8.18. The van der Waals surface area contributed by atoms with Crippen LogP contribution in [-0.4, -0.2) is 66.2 Å². The first-order chi connectivity index (χ1) is 12.0. The molecule has 1 saturated heterocycles. The van der Waals surface area contributed by atoms with Gasteiger partial charge in [0, 0.05) is 44.3 Å². The summed E-state index contributed by atoms with van der Waals surface area (Å²) in [5.41, 5.74) is 1.98. The molecule has 1 heterocycles. The number of carbonyl (C=O) groups is 1. The van der Waals surface area contributed by atoms with E-state index < -0.39 is 0 Å². The van der Waals surface area contributed by atoms with Crippen LogP contribution in [0.2, 0.25) is 0 Å². The molecule has 1 aromatic carbocycles. The second kappa shape index (κ2) is 8.30. The molecule has 0 aromatic heterocycles. The lowest BCUT2D eigenvalue weighted by Crippen LogP contribution is -2.46. The van der Waals surface area contributed by atoms with Gasteiger partial charge in [-0.3, -0.25) is 9.69 Å². The molecule has 1 aliphatic carbocycles. The van der Waals surface area contributed by atoms with Gasteiger partial charge in [0.25, 0.3) is 5.91 Å². The number of benzene rings is 1. The molecule has 3 rings (SSSR count). The topological polar surface area (TPSA) is 55.8 Å². The molecule has 1 aliphatic heterocycles. The van der Waals surface area contributed by atoms with Crippen molar-refractivity contribution in [2.24, 2.45) is 5.92 Å². The Morgan fingerprint density at radius 2 is 1.84 bits per heavy atom. The third-order valence-electron chi connectivity index (χ3n) is 5.69. The zero-order valence-corrected chi connectivity index (χ0v) is 15.4. The Morgan fingerprint density at radius 3 is 2.40 bits per heavy atom. The van der Waals surface area contributed by atoms with Gasteiger partial charge in [-0.25, -0.2) is 0 Å². The zero-order valence-electron chi connectivity index (χ0n) is 15.4. The molecule has 0 unspecified atom stereocenters. The second-order valence-electron chi connectivity index (χ2n) is 7.65. The van der Waals surface area contributed by atoms with Crippen LogP contribution in [0, 0.1) is 5.92 Å². The predicted octanol–water partition coefficient (Wildman–Crippen LogP) is 1.71. The highest BCUT2D eigenvalue weighted by Crippen LogP contribution is 2.31. The maximum atomic E-state index is 12.5. The fourth-order valence-electron chi connectivity index (χ4n) is 3.79. The first-order valence-corrected chi connectivity index (χ1v) is 9.54. The van der Waals surface area contributed by atoms with Crippen molar-refractivity contribution in [3.8, 4) is 0 Å². The molecular weight excluding hydrogens is 314 g/mol. The number of hydrogen-bond acceptors (Lipinski definition) is 4. The molecule has 5 heteroatoms. The third-order valence-corrected chi connectivity index (χ3v) is 5.69. The number of aliphatic hydroxyl groups excluding tert-OH is 1. The van der Waals surface area contributed by atoms with Gasteiger partial charge in [-0.15, -0.1) is 0 Å². The molecule has 0 radical (unpaired) electrons. The highest BCUT2D eigenvalue weighted by atomic mass is 16.3. The average Bonchev–Trinajstić information content (AvgIpc) is 2.59. The van der Waals surface area contributed by atoms with Crippen LogP contribution in [0.1, 0.15) is 42.1 Å². The number of aliphatic hydroxyl groups is 1. The Balaban J connectivity index is 1.51. The molecule has 1 amide bonds. The zero-order chi connectivity index (χ0) is 17.8. The van der Waals surface area contributed by atoms with E-state index >= 15 is 0 Å². The molecule has 0 bridgehead atoms. The van der Waals surface area contributed by atoms with Crippen LogP contribution < -0.4 is 5.32 Å². The minimum atomic E-state index is -0.176. The SMILES string of the molecule is CC[C@@H](NC(=O)c1ccc(CN2CCN(C)CC2)cc1)C1CC(O)C1. The normalized spacial score (nSPS) is 26.0. The summed E-state index contributed by atoms with van der Waals surface area (Å²) >= 11 is 0. The number of likely N-dealkylation sites (N-methyl/N-ethyl adjacent to an activating group) is 1. The molecular formula is C20H31N3O2. The van der Waals surface area contributed by atoms with E-state index in [9.17, 15) is 9.90 Å². The standard InChI is InChI=1S/C20H31N3O2/c1-3-19(17-12-18(24)13-17)21-20(25)16-6-4-15(5-7-16)14-23-10-8-22(2)9-11-23/h4-7,17-19,24H,3,8-14H2,1-2H3,(H,21,25)/t17?,18?,19-/m1/s1. The van der Waals surface area contributed by atoms with Crippen molar-refractivity contribution in [3.05, 3.63) is 35.4 Å². The first-order valence-electron chi connectivity index (χ1n) is 9.54. The van der Waals surface area contributed by atoms with Crippen LogP contribution >= 0.6 is 0 Å². The lowest BCUT2D eigenvalue weighted by Gasteiger charge is -2.37. The molecule has 1 aromatic rings. The third kappa shape index (κ3) is 4.81. The molecule has 138 valence electrons. The van der Waals surface area contributed by atoms with Crippen LogP contribution in [0.5, 0.6) is 0 Å². The van der Waals surface area contributed by atoms with Crippen molar-refractivity contribution in [2.45, 2.75) is 44.9 Å². The smallest absolute Gasteiger partial charge is 0.251 e. The van der Waals surface area contributed by atoms with Gasteiger partial charge in [-0.05, 0) is 49.9 Å². The fourth-order valence-corrected chi connectivity index (χ4v) is 3.79. The van der Waals surface area contributed by atoms with E-state index in [4.69, 9.17) is 0 Å². The Kier molecular flexibility index (Phi) is 6.10. The van der Waals surface area contributed by atoms with E-state index in [1.54, 1.807) is 0 Å². The maximum absolute atomic E-state index is 12.5. The Morgan fingerprint density at radius 1 is 1.20 bits per heavy atom. The Labute approximate surface area is 151 Å². The van der Waals surface area contributed by atoms with Crippen LogP contribution in [0.4, 0.5) is 0 Å². The highest BCUT2D eigenvalue weighted by Gasteiger charge is 2.33. The fraction of sp³-hybridized carbons (Fsp3) is 0.650. The largest absolute Gasteiger partial charge is 0.393 e. The van der Waals surface area contributed by atoms with Crippen molar-refractivity contribution >= 4 is 5.91 Å². The minimum absolute atomic E-state index is 0.000568. The molecule has 25 heavy (non-hydrogen) atoms. The number of rotatable bonds is 6. The Bertz CT molecular complexity index is 561. The summed E-state index contributed by atoms with van der Waals surface area (Å²) in [5, 5.41) is 12.6. The van der Waals surface area contributed by atoms with E-state index in [0.717, 1.165) is 57.5 Å². The lowest BCUT2D eigenvalue weighted by molar-refractivity contribution is 0.0232. The van der Waals surface area contributed by atoms with Crippen LogP contribution in [0.15, 0.2) is 24.3 Å². The van der Waals surface area contributed by atoms with Crippen molar-refractivity contribution in [1.29, 1.82) is 0 Å². The number of carbonyl (C=O) groups excluding carboxylic acids is 1. The van der Waals surface area contributed by atoms with Crippen molar-refractivity contribution < 1.29 is 9.90 Å². The summed E-state index contributed by atoms with van der Waals surface area (Å²) in [5.74, 6) is 0.417. The highest BCUT2D eigenvalue weighted by molar-refractivity contribution is 5.94. The second-order valence-corrected chi connectivity index (χ2v) is 7.65. The van der Waals surface area contributed by atoms with Gasteiger partial charge in [-0.2, -0.15) is 0 Å². The van der Waals surface area contributed by atoms with Crippen molar-refractivity contribution in [2.75, 3.05) is 33.2 Å². The Hall–Kier alpha value is -1.43. The molecule has 1 saturated carbocycles. The summed E-state index contributed by atoms with van der Waals surface area (Å²) in [7, 11) is 2.17. The maximum Gasteiger partial charge on any atom is 0.251 e. The number of amides is 1. The monoisotopic (exact) mass is 345 g/mol. The number of hydrogen-bond donors (Lipinski definition) is 2. The summed E-state index contributed by atoms with van der Waals surface area (Å²) in [4.78, 5) is 17.3. The van der Waals surface area contributed by atoms with Crippen LogP contribution in [0.25, 0.3) is 0 Å². The van der Waals surface area contributed by atoms with Crippen molar-refractivity contribution in [1.82, 2.24) is 15.1 Å². The number of nitrogens with zero attached hydrogens (tertiary/aromatic N) is 2. The van der Waals surface area contributed by atoms with Gasteiger partial charge >= 0.3 is 0 Å². The van der Waals surface area contributed by atoms with Crippen LogP contribution in [-0.2, 0) is 6.54 Å². The van der Waals surface area contributed by atoms with Gasteiger partial charge in [0.1, 0.15) is 0 Å². The van der Waals surface area contributed by atoms with Gasteiger partial charge < -0.3 is 15.3 Å². The molecule has 2 aliphatic rings. The summed E-state index contributed by atoms with van der Waals surface area (Å²) < 4.78 is 0. The molecule has 2 N–H and O–H groups in total. The van der Waals surface area contributed by atoms with Gasteiger partial charge in [0.2, 0.25) is 0 Å². The van der Waals surface area contributed by atoms with E-state index in [1.807, 2.05) is 12.1 Å². The minimum Gasteiger partial charge on any atom is -0.393 e. The first kappa shape index (κ1) is 18.4. The number of nitrogens with one attached hydrogen (secondary N) is 1. The van der Waals surface area contributed by atoms with Crippen LogP contribution in [0.3, 0.4) is 0 Å². The molecule has 5 nitrogen and oxygen atoms in total. The van der Waals surface area contributed by atoms with Gasteiger partial charge in [0.05, 0.1) is 6.10 Å². The molecule has 2 fully saturated rings.